The summed E-state index contributed by atoms with van der Waals surface area (Å²) in [5, 5.41) is 5.51. The van der Waals surface area contributed by atoms with Crippen molar-refractivity contribution >= 4 is 17.8 Å². The molecule has 0 bridgehead atoms. The highest BCUT2D eigenvalue weighted by molar-refractivity contribution is 5.94. The first-order valence-electron chi connectivity index (χ1n) is 7.81. The molecule has 2 N–H and O–H groups in total. The third kappa shape index (κ3) is 5.73. The predicted molar refractivity (Wildman–Crippen MR) is 84.7 cm³/mol. The zero-order chi connectivity index (χ0) is 16.8. The van der Waals surface area contributed by atoms with Crippen LogP contribution in [0.25, 0.3) is 0 Å². The lowest BCUT2D eigenvalue weighted by Crippen LogP contribution is -2.39. The average molecular weight is 318 g/mol. The van der Waals surface area contributed by atoms with Gasteiger partial charge in [-0.15, -0.1) is 0 Å². The summed E-state index contributed by atoms with van der Waals surface area (Å²) in [6, 6.07) is 8.62. The molecule has 1 fully saturated rings. The molecule has 2 rings (SSSR count). The topological polar surface area (TPSA) is 84.5 Å². The van der Waals surface area contributed by atoms with Gasteiger partial charge in [-0.3, -0.25) is 14.4 Å². The van der Waals surface area contributed by atoms with Gasteiger partial charge in [0.25, 0.3) is 11.8 Å². The summed E-state index contributed by atoms with van der Waals surface area (Å²) in [6.07, 6.45) is 1.16. The number of hydrogen-bond acceptors (Lipinski definition) is 4. The third-order valence-electron chi connectivity index (χ3n) is 3.49. The summed E-state index contributed by atoms with van der Waals surface area (Å²) in [5.74, 6) is -1.03. The van der Waals surface area contributed by atoms with Crippen molar-refractivity contribution in [1.29, 1.82) is 0 Å². The lowest BCUT2D eigenvalue weighted by atomic mass is 10.2. The van der Waals surface area contributed by atoms with E-state index in [2.05, 4.69) is 10.6 Å². The maximum absolute atomic E-state index is 12.0. The number of ether oxygens (including phenoxy) is 1. The third-order valence-corrected chi connectivity index (χ3v) is 3.49. The zero-order valence-corrected chi connectivity index (χ0v) is 13.4. The number of carbonyl (C=O) groups excluding carboxylic acids is 3. The smallest absolute Gasteiger partial charge is 0.308 e. The number of nitrogens with one attached hydrogen (secondary N) is 2. The molecule has 1 aliphatic rings. The molecular formula is C17H22N2O4. The number of carbonyl (C=O) groups is 3. The Labute approximate surface area is 135 Å². The van der Waals surface area contributed by atoms with Gasteiger partial charge in [0.1, 0.15) is 0 Å². The van der Waals surface area contributed by atoms with Crippen LogP contribution in [0.15, 0.2) is 30.3 Å². The van der Waals surface area contributed by atoms with Crippen LogP contribution in [0.1, 0.15) is 43.5 Å². The second kappa shape index (κ2) is 7.76. The Kier molecular flexibility index (Phi) is 5.73. The maximum atomic E-state index is 12.0. The van der Waals surface area contributed by atoms with E-state index in [-0.39, 0.29) is 30.3 Å². The van der Waals surface area contributed by atoms with Crippen LogP contribution >= 0.6 is 0 Å². The molecule has 6 heteroatoms. The summed E-state index contributed by atoms with van der Waals surface area (Å²) in [5.41, 5.74) is 0.532. The molecule has 1 aromatic carbocycles. The van der Waals surface area contributed by atoms with E-state index >= 15 is 0 Å². The first kappa shape index (κ1) is 17.0. The lowest BCUT2D eigenvalue weighted by Gasteiger charge is -2.16. The van der Waals surface area contributed by atoms with Gasteiger partial charge < -0.3 is 15.4 Å². The molecule has 1 aromatic rings. The van der Waals surface area contributed by atoms with E-state index in [0.717, 1.165) is 12.8 Å². The standard InChI is InChI=1S/C17H22N2O4/c1-11(18-17(22)13-6-4-3-5-7-13)10-15(20)23-12(2)16(21)19-14-8-9-14/h3-7,11-12,14H,8-10H2,1-2H3,(H,18,22)(H,19,21). The quantitative estimate of drug-likeness (QED) is 0.744. The van der Waals surface area contributed by atoms with E-state index in [0.29, 0.717) is 5.56 Å². The first-order chi connectivity index (χ1) is 11.0. The predicted octanol–water partition coefficient (Wildman–Crippen LogP) is 1.41. The minimum atomic E-state index is -0.819. The van der Waals surface area contributed by atoms with E-state index in [1.807, 2.05) is 6.07 Å². The summed E-state index contributed by atoms with van der Waals surface area (Å²) in [6.45, 7) is 3.26. The van der Waals surface area contributed by atoms with Gasteiger partial charge in [-0.25, -0.2) is 0 Å². The van der Waals surface area contributed by atoms with Gasteiger partial charge >= 0.3 is 5.97 Å². The van der Waals surface area contributed by atoms with Crippen molar-refractivity contribution in [1.82, 2.24) is 10.6 Å². The molecule has 6 nitrogen and oxygen atoms in total. The fourth-order valence-corrected chi connectivity index (χ4v) is 2.04. The Balaban J connectivity index is 1.73. The molecule has 1 aliphatic carbocycles. The molecule has 0 heterocycles. The first-order valence-corrected chi connectivity index (χ1v) is 7.81. The monoisotopic (exact) mass is 318 g/mol. The zero-order valence-electron chi connectivity index (χ0n) is 13.4. The summed E-state index contributed by atoms with van der Waals surface area (Å²) < 4.78 is 5.10. The fraction of sp³-hybridized carbons (Fsp3) is 0.471. The molecule has 0 radical (unpaired) electrons. The van der Waals surface area contributed by atoms with Crippen molar-refractivity contribution in [3.05, 3.63) is 35.9 Å². The van der Waals surface area contributed by atoms with Crippen molar-refractivity contribution in [3.8, 4) is 0 Å². The van der Waals surface area contributed by atoms with Gasteiger partial charge in [-0.2, -0.15) is 0 Å². The van der Waals surface area contributed by atoms with E-state index in [4.69, 9.17) is 4.74 Å². The van der Waals surface area contributed by atoms with Crippen LogP contribution in [0, 0.1) is 0 Å². The van der Waals surface area contributed by atoms with Gasteiger partial charge in [-0.1, -0.05) is 18.2 Å². The largest absolute Gasteiger partial charge is 0.452 e. The molecule has 124 valence electrons. The Morgan fingerprint density at radius 2 is 1.83 bits per heavy atom. The number of amides is 2. The van der Waals surface area contributed by atoms with E-state index in [1.54, 1.807) is 38.1 Å². The van der Waals surface area contributed by atoms with Crippen molar-refractivity contribution in [3.63, 3.8) is 0 Å². The molecular weight excluding hydrogens is 296 g/mol. The fourth-order valence-electron chi connectivity index (χ4n) is 2.04. The molecule has 23 heavy (non-hydrogen) atoms. The van der Waals surface area contributed by atoms with Crippen molar-refractivity contribution in [2.75, 3.05) is 0 Å². The van der Waals surface area contributed by atoms with Crippen LogP contribution in [0.4, 0.5) is 0 Å². The lowest BCUT2D eigenvalue weighted by molar-refractivity contribution is -0.155. The van der Waals surface area contributed by atoms with Crippen molar-refractivity contribution in [2.24, 2.45) is 0 Å². The summed E-state index contributed by atoms with van der Waals surface area (Å²) in [4.78, 5) is 35.5. The summed E-state index contributed by atoms with van der Waals surface area (Å²) >= 11 is 0. The maximum Gasteiger partial charge on any atom is 0.308 e. The molecule has 2 unspecified atom stereocenters. The number of benzene rings is 1. The van der Waals surface area contributed by atoms with Crippen molar-refractivity contribution < 1.29 is 19.1 Å². The molecule has 0 spiro atoms. The van der Waals surface area contributed by atoms with Crippen LogP contribution in [-0.4, -0.2) is 36.0 Å². The molecule has 2 atom stereocenters. The molecule has 0 saturated heterocycles. The highest BCUT2D eigenvalue weighted by atomic mass is 16.5. The molecule has 0 aliphatic heterocycles. The Morgan fingerprint density at radius 1 is 1.17 bits per heavy atom. The van der Waals surface area contributed by atoms with Gasteiger partial charge in [0.05, 0.1) is 6.42 Å². The van der Waals surface area contributed by atoms with Gasteiger partial charge in [0.15, 0.2) is 6.10 Å². The van der Waals surface area contributed by atoms with Crippen LogP contribution in [0.5, 0.6) is 0 Å². The molecule has 1 saturated carbocycles. The van der Waals surface area contributed by atoms with Crippen LogP contribution < -0.4 is 10.6 Å². The highest BCUT2D eigenvalue weighted by Gasteiger charge is 2.27. The van der Waals surface area contributed by atoms with E-state index in [1.165, 1.54) is 0 Å². The minimum absolute atomic E-state index is 0.0135. The van der Waals surface area contributed by atoms with Gasteiger partial charge in [0.2, 0.25) is 0 Å². The van der Waals surface area contributed by atoms with Crippen LogP contribution in [-0.2, 0) is 14.3 Å². The minimum Gasteiger partial charge on any atom is -0.452 e. The SMILES string of the molecule is CC(CC(=O)OC(C)C(=O)NC1CC1)NC(=O)c1ccccc1. The highest BCUT2D eigenvalue weighted by Crippen LogP contribution is 2.18. The second-order valence-electron chi connectivity index (χ2n) is 5.86. The Bertz CT molecular complexity index is 569. The second-order valence-corrected chi connectivity index (χ2v) is 5.86. The van der Waals surface area contributed by atoms with E-state index < -0.39 is 12.1 Å². The van der Waals surface area contributed by atoms with Crippen LogP contribution in [0.3, 0.4) is 0 Å². The van der Waals surface area contributed by atoms with Gasteiger partial charge in [0, 0.05) is 17.6 Å². The molecule has 2 amide bonds. The van der Waals surface area contributed by atoms with Crippen molar-refractivity contribution in [2.45, 2.75) is 51.3 Å². The number of hydrogen-bond donors (Lipinski definition) is 2. The van der Waals surface area contributed by atoms with E-state index in [9.17, 15) is 14.4 Å². The van der Waals surface area contributed by atoms with Gasteiger partial charge in [-0.05, 0) is 38.8 Å². The average Bonchev–Trinajstić information content (AvgIpc) is 3.31. The van der Waals surface area contributed by atoms with Crippen LogP contribution in [0.2, 0.25) is 0 Å². The number of rotatable bonds is 7. The number of esters is 1. The Morgan fingerprint density at radius 3 is 2.43 bits per heavy atom. The Hall–Kier alpha value is -2.37. The normalized spacial score (nSPS) is 16.1. The molecule has 0 aromatic heterocycles. The summed E-state index contributed by atoms with van der Waals surface area (Å²) in [7, 11) is 0.